The maximum atomic E-state index is 13.5. The molecule has 4 rings (SSSR count). The molecule has 7 nitrogen and oxygen atoms in total. The Hall–Kier alpha value is -2.84. The molecule has 2 aromatic carbocycles. The second kappa shape index (κ2) is 10.4. The standard InChI is InChI=1S/C25H28N2O5S/c1-3-26(4-2)23(28)15-27-20-14-17(25(30)32-16-18-8-7-13-31-18)11-12-22(20)33-21-10-6-5-9-19(21)24(27)29/h5-6,9-12,14,18H,3-4,7-8,13,15-16H2,1-2H3. The van der Waals surface area contributed by atoms with Crippen LogP contribution in [0.25, 0.3) is 0 Å². The van der Waals surface area contributed by atoms with Crippen molar-refractivity contribution in [2.24, 2.45) is 0 Å². The lowest BCUT2D eigenvalue weighted by atomic mass is 10.1. The van der Waals surface area contributed by atoms with Crippen molar-refractivity contribution < 1.29 is 23.9 Å². The summed E-state index contributed by atoms with van der Waals surface area (Å²) in [4.78, 5) is 44.0. The fourth-order valence-electron chi connectivity index (χ4n) is 4.04. The van der Waals surface area contributed by atoms with Crippen LogP contribution in [0.2, 0.25) is 0 Å². The molecule has 1 fully saturated rings. The Morgan fingerprint density at radius 2 is 1.94 bits per heavy atom. The van der Waals surface area contributed by atoms with E-state index in [1.807, 2.05) is 38.1 Å². The second-order valence-corrected chi connectivity index (χ2v) is 9.06. The number of carbonyl (C=O) groups is 3. The highest BCUT2D eigenvalue weighted by Gasteiger charge is 2.30. The van der Waals surface area contributed by atoms with Gasteiger partial charge in [0, 0.05) is 29.5 Å². The molecule has 0 spiro atoms. The largest absolute Gasteiger partial charge is 0.459 e. The minimum atomic E-state index is -0.470. The summed E-state index contributed by atoms with van der Waals surface area (Å²) in [7, 11) is 0. The Morgan fingerprint density at radius 3 is 2.67 bits per heavy atom. The molecule has 2 aromatic rings. The molecule has 174 valence electrons. The van der Waals surface area contributed by atoms with Crippen LogP contribution >= 0.6 is 11.8 Å². The molecule has 1 unspecified atom stereocenters. The number of benzene rings is 2. The maximum Gasteiger partial charge on any atom is 0.338 e. The summed E-state index contributed by atoms with van der Waals surface area (Å²) in [6.07, 6.45) is 1.78. The van der Waals surface area contributed by atoms with Crippen LogP contribution in [-0.2, 0) is 14.3 Å². The van der Waals surface area contributed by atoms with Crippen LogP contribution in [0.1, 0.15) is 47.4 Å². The fourth-order valence-corrected chi connectivity index (χ4v) is 5.10. The number of likely N-dealkylation sites (N-methyl/N-ethyl adjacent to an activating group) is 1. The first-order valence-corrected chi connectivity index (χ1v) is 12.1. The molecular formula is C25H28N2O5S. The quantitative estimate of drug-likeness (QED) is 0.572. The lowest BCUT2D eigenvalue weighted by molar-refractivity contribution is -0.129. The number of rotatable bonds is 7. The number of esters is 1. The van der Waals surface area contributed by atoms with Crippen LogP contribution in [0, 0.1) is 0 Å². The molecule has 1 atom stereocenters. The molecule has 33 heavy (non-hydrogen) atoms. The Morgan fingerprint density at radius 1 is 1.15 bits per heavy atom. The first-order valence-electron chi connectivity index (χ1n) is 11.3. The van der Waals surface area contributed by atoms with Crippen LogP contribution < -0.4 is 4.90 Å². The van der Waals surface area contributed by atoms with Crippen molar-refractivity contribution in [3.63, 3.8) is 0 Å². The number of carbonyl (C=O) groups excluding carboxylic acids is 3. The average molecular weight is 469 g/mol. The Balaban J connectivity index is 1.66. The van der Waals surface area contributed by atoms with Crippen molar-refractivity contribution in [1.29, 1.82) is 0 Å². The predicted molar refractivity (Wildman–Crippen MR) is 126 cm³/mol. The first kappa shape index (κ1) is 23.3. The van der Waals surface area contributed by atoms with E-state index < -0.39 is 5.97 Å². The number of ether oxygens (including phenoxy) is 2. The molecule has 0 aliphatic carbocycles. The van der Waals surface area contributed by atoms with Gasteiger partial charge in [0.15, 0.2) is 0 Å². The van der Waals surface area contributed by atoms with E-state index >= 15 is 0 Å². The zero-order valence-corrected chi connectivity index (χ0v) is 19.7. The first-order chi connectivity index (χ1) is 16.0. The van der Waals surface area contributed by atoms with Gasteiger partial charge in [0.25, 0.3) is 5.91 Å². The summed E-state index contributed by atoms with van der Waals surface area (Å²) in [6, 6.07) is 12.5. The summed E-state index contributed by atoms with van der Waals surface area (Å²) < 4.78 is 11.0. The summed E-state index contributed by atoms with van der Waals surface area (Å²) >= 11 is 1.45. The number of nitrogens with zero attached hydrogens (tertiary/aromatic N) is 2. The third kappa shape index (κ3) is 5.07. The van der Waals surface area contributed by atoms with E-state index in [0.717, 1.165) is 22.6 Å². The number of fused-ring (bicyclic) bond motifs is 2. The van der Waals surface area contributed by atoms with E-state index in [2.05, 4.69) is 0 Å². The molecule has 2 aliphatic rings. The lowest BCUT2D eigenvalue weighted by Gasteiger charge is -2.26. The smallest absolute Gasteiger partial charge is 0.338 e. The van der Waals surface area contributed by atoms with E-state index in [-0.39, 0.29) is 31.1 Å². The monoisotopic (exact) mass is 468 g/mol. The van der Waals surface area contributed by atoms with Gasteiger partial charge in [-0.2, -0.15) is 0 Å². The number of hydrogen-bond acceptors (Lipinski definition) is 6. The predicted octanol–water partition coefficient (Wildman–Crippen LogP) is 4.00. The van der Waals surface area contributed by atoms with Gasteiger partial charge in [-0.3, -0.25) is 14.5 Å². The molecule has 0 saturated carbocycles. The molecule has 2 aliphatic heterocycles. The zero-order valence-electron chi connectivity index (χ0n) is 18.9. The van der Waals surface area contributed by atoms with Crippen LogP contribution in [0.5, 0.6) is 0 Å². The van der Waals surface area contributed by atoms with Crippen molar-refractivity contribution >= 4 is 35.2 Å². The van der Waals surface area contributed by atoms with E-state index in [0.29, 0.717) is 36.5 Å². The van der Waals surface area contributed by atoms with Gasteiger partial charge in [0.2, 0.25) is 5.91 Å². The number of amides is 2. The third-order valence-corrected chi connectivity index (χ3v) is 7.04. The molecule has 0 bridgehead atoms. The minimum Gasteiger partial charge on any atom is -0.459 e. The van der Waals surface area contributed by atoms with Gasteiger partial charge >= 0.3 is 5.97 Å². The fraction of sp³-hybridized carbons (Fsp3) is 0.400. The van der Waals surface area contributed by atoms with Gasteiger partial charge < -0.3 is 14.4 Å². The number of anilines is 1. The lowest BCUT2D eigenvalue weighted by Crippen LogP contribution is -2.43. The van der Waals surface area contributed by atoms with Gasteiger partial charge in [-0.15, -0.1) is 0 Å². The van der Waals surface area contributed by atoms with E-state index in [4.69, 9.17) is 9.47 Å². The Kier molecular flexibility index (Phi) is 7.35. The molecule has 0 radical (unpaired) electrons. The molecule has 2 amide bonds. The summed E-state index contributed by atoms with van der Waals surface area (Å²) in [6.45, 7) is 5.74. The Bertz CT molecular complexity index is 1050. The minimum absolute atomic E-state index is 0.0652. The van der Waals surface area contributed by atoms with Crippen molar-refractivity contribution in [3.05, 3.63) is 53.6 Å². The van der Waals surface area contributed by atoms with E-state index in [1.165, 1.54) is 16.7 Å². The van der Waals surface area contributed by atoms with Crippen molar-refractivity contribution in [2.75, 3.05) is 37.7 Å². The summed E-state index contributed by atoms with van der Waals surface area (Å²) in [5.41, 5.74) is 1.41. The normalized spacial score (nSPS) is 17.2. The van der Waals surface area contributed by atoms with Crippen molar-refractivity contribution in [3.8, 4) is 0 Å². The van der Waals surface area contributed by atoms with Gasteiger partial charge in [-0.25, -0.2) is 4.79 Å². The molecule has 0 N–H and O–H groups in total. The van der Waals surface area contributed by atoms with Crippen molar-refractivity contribution in [2.45, 2.75) is 42.6 Å². The highest BCUT2D eigenvalue weighted by molar-refractivity contribution is 7.99. The second-order valence-electron chi connectivity index (χ2n) is 7.97. The van der Waals surface area contributed by atoms with E-state index in [1.54, 1.807) is 23.1 Å². The Labute approximate surface area is 198 Å². The van der Waals surface area contributed by atoms with Crippen LogP contribution in [-0.4, -0.2) is 61.6 Å². The maximum absolute atomic E-state index is 13.5. The van der Waals surface area contributed by atoms with Gasteiger partial charge in [0.1, 0.15) is 13.2 Å². The summed E-state index contributed by atoms with van der Waals surface area (Å²) in [5, 5.41) is 0. The van der Waals surface area contributed by atoms with Gasteiger partial charge in [-0.1, -0.05) is 23.9 Å². The molecular weight excluding hydrogens is 440 g/mol. The average Bonchev–Trinajstić information content (AvgIpc) is 3.32. The van der Waals surface area contributed by atoms with Gasteiger partial charge in [-0.05, 0) is 57.0 Å². The van der Waals surface area contributed by atoms with Crippen LogP contribution in [0.4, 0.5) is 5.69 Å². The zero-order chi connectivity index (χ0) is 23.4. The molecule has 8 heteroatoms. The SMILES string of the molecule is CCN(CC)C(=O)CN1C(=O)c2ccccc2Sc2ccc(C(=O)OCC3CCCO3)cc21. The van der Waals surface area contributed by atoms with Gasteiger partial charge in [0.05, 0.1) is 22.9 Å². The van der Waals surface area contributed by atoms with E-state index in [9.17, 15) is 14.4 Å². The highest BCUT2D eigenvalue weighted by atomic mass is 32.2. The molecule has 1 saturated heterocycles. The topological polar surface area (TPSA) is 76.2 Å². The highest BCUT2D eigenvalue weighted by Crippen LogP contribution is 2.41. The van der Waals surface area contributed by atoms with Crippen LogP contribution in [0.3, 0.4) is 0 Å². The third-order valence-electron chi connectivity index (χ3n) is 5.90. The van der Waals surface area contributed by atoms with Crippen molar-refractivity contribution in [1.82, 2.24) is 4.90 Å². The molecule has 2 heterocycles. The van der Waals surface area contributed by atoms with Crippen LogP contribution in [0.15, 0.2) is 52.3 Å². The summed E-state index contributed by atoms with van der Waals surface area (Å²) in [5.74, 6) is -0.875. The number of hydrogen-bond donors (Lipinski definition) is 0. The molecule has 0 aromatic heterocycles.